The maximum Gasteiger partial charge on any atom is 0.273 e. The number of nitrogens with one attached hydrogen (secondary N) is 1. The molecule has 0 radical (unpaired) electrons. The Labute approximate surface area is 198 Å². The average molecular weight is 490 g/mol. The average Bonchev–Trinajstić information content (AvgIpc) is 3.05. The molecule has 2 N–H and O–H groups in total. The van der Waals surface area contributed by atoms with E-state index in [1.807, 2.05) is 0 Å². The van der Waals surface area contributed by atoms with Crippen LogP contribution in [0.15, 0.2) is 41.3 Å². The lowest BCUT2D eigenvalue weighted by Crippen LogP contribution is -2.31. The van der Waals surface area contributed by atoms with Crippen LogP contribution in [0.2, 0.25) is 0 Å². The highest BCUT2D eigenvalue weighted by atomic mass is 32.2. The van der Waals surface area contributed by atoms with Gasteiger partial charge in [-0.05, 0) is 29.8 Å². The number of phenols is 1. The highest BCUT2D eigenvalue weighted by molar-refractivity contribution is 8.26. The number of thioether (sulfide) groups is 1. The summed E-state index contributed by atoms with van der Waals surface area (Å²) in [6, 6.07) is 8.57. The van der Waals surface area contributed by atoms with Crippen molar-refractivity contribution < 1.29 is 29.1 Å². The molecule has 0 atom stereocenters. The summed E-state index contributed by atoms with van der Waals surface area (Å²) in [4.78, 5) is 36.9. The second-order valence-corrected chi connectivity index (χ2v) is 8.38. The van der Waals surface area contributed by atoms with Gasteiger partial charge in [0.2, 0.25) is 5.91 Å². The number of rotatable bonds is 8. The molecule has 0 unspecified atom stereocenters. The molecule has 33 heavy (non-hydrogen) atoms. The Balaban J connectivity index is 1.64. The molecule has 0 saturated carbocycles. The van der Waals surface area contributed by atoms with Crippen molar-refractivity contribution in [1.29, 1.82) is 0 Å². The maximum absolute atomic E-state index is 12.8. The molecule has 1 aliphatic heterocycles. The van der Waals surface area contributed by atoms with Crippen molar-refractivity contribution in [3.63, 3.8) is 0 Å². The number of methoxy groups -OCH3 is 2. The van der Waals surface area contributed by atoms with Crippen molar-refractivity contribution in [3.05, 3.63) is 57.0 Å². The molecule has 2 aromatic carbocycles. The van der Waals surface area contributed by atoms with Crippen molar-refractivity contribution >= 4 is 57.6 Å². The number of hydrogen-bond donors (Lipinski definition) is 2. The largest absolute Gasteiger partial charge is 0.506 e. The fraction of sp³-hybridized carbons (Fsp3) is 0.190. The van der Waals surface area contributed by atoms with E-state index in [9.17, 15) is 24.8 Å². The molecule has 1 aliphatic rings. The van der Waals surface area contributed by atoms with Crippen LogP contribution in [0.25, 0.3) is 6.08 Å². The number of nitrogens with zero attached hydrogens (tertiary/aromatic N) is 2. The van der Waals surface area contributed by atoms with Crippen molar-refractivity contribution in [3.8, 4) is 17.2 Å². The highest BCUT2D eigenvalue weighted by Gasteiger charge is 2.32. The Kier molecular flexibility index (Phi) is 7.51. The number of hydrogen-bond acceptors (Lipinski definition) is 9. The first kappa shape index (κ1) is 24.0. The van der Waals surface area contributed by atoms with Crippen LogP contribution in [0.3, 0.4) is 0 Å². The quantitative estimate of drug-likeness (QED) is 0.188. The van der Waals surface area contributed by atoms with Crippen LogP contribution in [-0.2, 0) is 9.59 Å². The molecule has 1 saturated heterocycles. The number of thiocarbonyl (C=S) groups is 1. The lowest BCUT2D eigenvalue weighted by molar-refractivity contribution is -0.384. The van der Waals surface area contributed by atoms with Gasteiger partial charge < -0.3 is 19.9 Å². The molecule has 2 aromatic rings. The zero-order valence-corrected chi connectivity index (χ0v) is 19.2. The van der Waals surface area contributed by atoms with E-state index in [1.54, 1.807) is 24.3 Å². The Bertz CT molecular complexity index is 1170. The summed E-state index contributed by atoms with van der Waals surface area (Å²) in [5.41, 5.74) is 0.452. The van der Waals surface area contributed by atoms with Crippen LogP contribution in [-0.4, -0.2) is 51.8 Å². The molecule has 2 amide bonds. The van der Waals surface area contributed by atoms with E-state index in [0.29, 0.717) is 20.7 Å². The maximum atomic E-state index is 12.8. The van der Waals surface area contributed by atoms with E-state index < -0.39 is 16.6 Å². The summed E-state index contributed by atoms with van der Waals surface area (Å²) in [6.07, 6.45) is 1.59. The van der Waals surface area contributed by atoms with Gasteiger partial charge in [0, 0.05) is 19.0 Å². The van der Waals surface area contributed by atoms with E-state index in [4.69, 9.17) is 21.7 Å². The van der Waals surface area contributed by atoms with Gasteiger partial charge in [-0.1, -0.05) is 30.0 Å². The summed E-state index contributed by atoms with van der Waals surface area (Å²) in [5.74, 6) is -0.163. The van der Waals surface area contributed by atoms with Gasteiger partial charge in [0.15, 0.2) is 11.5 Å². The van der Waals surface area contributed by atoms with Gasteiger partial charge in [0.05, 0.1) is 35.8 Å². The van der Waals surface area contributed by atoms with Gasteiger partial charge >= 0.3 is 0 Å². The lowest BCUT2D eigenvalue weighted by Gasteiger charge is -2.14. The van der Waals surface area contributed by atoms with Gasteiger partial charge in [-0.15, -0.1) is 0 Å². The first-order valence-corrected chi connectivity index (χ1v) is 10.7. The summed E-state index contributed by atoms with van der Waals surface area (Å²) in [5, 5.41) is 23.1. The zero-order chi connectivity index (χ0) is 24.1. The van der Waals surface area contributed by atoms with Crippen LogP contribution in [0.4, 0.5) is 11.4 Å². The number of non-ortho nitro benzene ring substituents is 1. The Morgan fingerprint density at radius 3 is 2.61 bits per heavy atom. The minimum Gasteiger partial charge on any atom is -0.506 e. The van der Waals surface area contributed by atoms with Crippen LogP contribution in [0.5, 0.6) is 17.2 Å². The van der Waals surface area contributed by atoms with Gasteiger partial charge in [0.25, 0.3) is 11.6 Å². The third-order valence-electron chi connectivity index (χ3n) is 4.61. The monoisotopic (exact) mass is 489 g/mol. The normalized spacial score (nSPS) is 14.5. The minimum atomic E-state index is -0.657. The number of nitro groups is 1. The molecular weight excluding hydrogens is 470 g/mol. The molecule has 1 heterocycles. The third-order valence-corrected chi connectivity index (χ3v) is 5.99. The molecule has 10 nitrogen and oxygen atoms in total. The van der Waals surface area contributed by atoms with E-state index in [0.717, 1.165) is 29.5 Å². The number of phenolic OH excluding ortho intramolecular Hbond substituents is 1. The number of aromatic hydroxyl groups is 1. The first-order chi connectivity index (χ1) is 15.7. The lowest BCUT2D eigenvalue weighted by atomic mass is 10.2. The first-order valence-electron chi connectivity index (χ1n) is 9.48. The van der Waals surface area contributed by atoms with E-state index in [2.05, 4.69) is 5.32 Å². The molecule has 1 fully saturated rings. The zero-order valence-electron chi connectivity index (χ0n) is 17.6. The van der Waals surface area contributed by atoms with E-state index in [1.165, 1.54) is 25.2 Å². The molecule has 0 spiro atoms. The molecule has 0 bridgehead atoms. The fourth-order valence-electron chi connectivity index (χ4n) is 2.95. The Morgan fingerprint density at radius 1 is 1.24 bits per heavy atom. The number of benzene rings is 2. The minimum absolute atomic E-state index is 0.0318. The molecule has 3 rings (SSSR count). The van der Waals surface area contributed by atoms with Crippen molar-refractivity contribution in [1.82, 2.24) is 4.90 Å². The second kappa shape index (κ2) is 10.3. The van der Waals surface area contributed by atoms with Crippen LogP contribution in [0.1, 0.15) is 12.0 Å². The SMILES string of the molecule is COc1ccc(/C=C2\SC(=S)N(CCC(=O)Nc3ccc([N+](=O)[O-])cc3O)C2=O)cc1OC. The summed E-state index contributed by atoms with van der Waals surface area (Å²) >= 11 is 6.41. The van der Waals surface area contributed by atoms with Crippen LogP contribution < -0.4 is 14.8 Å². The van der Waals surface area contributed by atoms with Gasteiger partial charge in [-0.2, -0.15) is 0 Å². The molecule has 12 heteroatoms. The number of anilines is 1. The second-order valence-electron chi connectivity index (χ2n) is 6.70. The fourth-order valence-corrected chi connectivity index (χ4v) is 4.26. The number of nitro benzene ring substituents is 1. The number of amides is 2. The predicted molar refractivity (Wildman–Crippen MR) is 127 cm³/mol. The molecular formula is C21H19N3O7S2. The van der Waals surface area contributed by atoms with E-state index >= 15 is 0 Å². The van der Waals surface area contributed by atoms with E-state index in [-0.39, 0.29) is 30.2 Å². The third kappa shape index (κ3) is 5.59. The van der Waals surface area contributed by atoms with Gasteiger partial charge in [-0.25, -0.2) is 0 Å². The predicted octanol–water partition coefficient (Wildman–Crippen LogP) is 3.55. The molecule has 172 valence electrons. The Hall–Kier alpha value is -3.64. The number of ether oxygens (including phenoxy) is 2. The van der Waals surface area contributed by atoms with Crippen molar-refractivity contribution in [2.24, 2.45) is 0 Å². The summed E-state index contributed by atoms with van der Waals surface area (Å²) in [7, 11) is 3.05. The number of carbonyl (C=O) groups excluding carboxylic acids is 2. The topological polar surface area (TPSA) is 131 Å². The summed E-state index contributed by atoms with van der Waals surface area (Å²) < 4.78 is 10.8. The van der Waals surface area contributed by atoms with Gasteiger partial charge in [-0.3, -0.25) is 24.6 Å². The van der Waals surface area contributed by atoms with Crippen LogP contribution >= 0.6 is 24.0 Å². The standard InChI is InChI=1S/C21H19N3O7S2/c1-30-16-6-3-12(9-17(16)31-2)10-18-20(27)23(21(32)33-18)8-7-19(26)22-14-5-4-13(24(28)29)11-15(14)25/h3-6,9-11,25H,7-8H2,1-2H3,(H,22,26)/b18-10-. The van der Waals surface area contributed by atoms with Crippen molar-refractivity contribution in [2.45, 2.75) is 6.42 Å². The van der Waals surface area contributed by atoms with Crippen LogP contribution in [0, 0.1) is 10.1 Å². The smallest absolute Gasteiger partial charge is 0.273 e. The van der Waals surface area contributed by atoms with Gasteiger partial charge in [0.1, 0.15) is 10.1 Å². The molecule has 0 aromatic heterocycles. The molecule has 0 aliphatic carbocycles. The highest BCUT2D eigenvalue weighted by Crippen LogP contribution is 2.35. The summed E-state index contributed by atoms with van der Waals surface area (Å²) in [6.45, 7) is 0.0352. The Morgan fingerprint density at radius 2 is 1.97 bits per heavy atom. The number of carbonyl (C=O) groups is 2. The van der Waals surface area contributed by atoms with Crippen molar-refractivity contribution in [2.75, 3.05) is 26.1 Å².